The van der Waals surface area contributed by atoms with Crippen molar-refractivity contribution in [3.8, 4) is 5.75 Å². The zero-order chi connectivity index (χ0) is 19.7. The minimum atomic E-state index is -0.913. The van der Waals surface area contributed by atoms with Crippen LogP contribution in [0.2, 0.25) is 5.02 Å². The average molecular weight is 401 g/mol. The summed E-state index contributed by atoms with van der Waals surface area (Å²) in [7, 11) is 0. The highest BCUT2D eigenvalue weighted by molar-refractivity contribution is 6.31. The van der Waals surface area contributed by atoms with Crippen molar-refractivity contribution in [1.29, 1.82) is 0 Å². The second-order valence-corrected chi connectivity index (χ2v) is 7.36. The number of aliphatic hydroxyl groups excluding tert-OH is 2. The van der Waals surface area contributed by atoms with Gasteiger partial charge in [0.25, 0.3) is 0 Å². The molecule has 1 amide bonds. The molecule has 1 unspecified atom stereocenters. The van der Waals surface area contributed by atoms with Crippen molar-refractivity contribution < 1.29 is 19.7 Å². The predicted octanol–water partition coefficient (Wildman–Crippen LogP) is 2.66. The van der Waals surface area contributed by atoms with E-state index in [-0.39, 0.29) is 19.3 Å². The van der Waals surface area contributed by atoms with Crippen molar-refractivity contribution in [3.05, 3.63) is 64.3 Å². The van der Waals surface area contributed by atoms with Crippen LogP contribution in [-0.4, -0.2) is 52.4 Å². The molecule has 3 N–H and O–H groups in total. The van der Waals surface area contributed by atoms with Crippen LogP contribution in [0.5, 0.6) is 5.75 Å². The van der Waals surface area contributed by atoms with E-state index in [1.165, 1.54) is 5.56 Å². The quantitative estimate of drug-likeness (QED) is 0.555. The first-order valence-corrected chi connectivity index (χ1v) is 9.51. The zero-order valence-corrected chi connectivity index (χ0v) is 15.9. The number of hydrogen-bond acceptors (Lipinski definition) is 4. The summed E-state index contributed by atoms with van der Waals surface area (Å²) in [5.41, 5.74) is 4.15. The number of nitrogens with one attached hydrogen (secondary N) is 1. The summed E-state index contributed by atoms with van der Waals surface area (Å²) in [4.78, 5) is 17.0. The van der Waals surface area contributed by atoms with E-state index >= 15 is 0 Å². The van der Waals surface area contributed by atoms with E-state index in [1.807, 2.05) is 30.3 Å². The summed E-state index contributed by atoms with van der Waals surface area (Å²) in [6.45, 7) is 0.301. The number of carbonyl (C=O) groups excluding carboxylic acids is 1. The summed E-state index contributed by atoms with van der Waals surface area (Å²) >= 11 is 6.18. The fraction of sp³-hybridized carbons (Fsp3) is 0.286. The van der Waals surface area contributed by atoms with Gasteiger partial charge >= 0.3 is 0 Å². The molecule has 2 heterocycles. The van der Waals surface area contributed by atoms with Gasteiger partial charge < -0.3 is 24.8 Å². The van der Waals surface area contributed by atoms with Crippen LogP contribution >= 0.6 is 11.6 Å². The van der Waals surface area contributed by atoms with Gasteiger partial charge in [-0.2, -0.15) is 0 Å². The molecule has 4 rings (SSSR count). The molecular weight excluding hydrogens is 380 g/mol. The third kappa shape index (κ3) is 3.46. The number of ether oxygens (including phenoxy) is 1. The third-order valence-electron chi connectivity index (χ3n) is 5.11. The number of benzene rings is 2. The smallest absolute Gasteiger partial charge is 0.210 e. The molecule has 1 aliphatic rings. The van der Waals surface area contributed by atoms with Crippen molar-refractivity contribution in [2.24, 2.45) is 0 Å². The standard InChI is InChI=1S/C21H21ClN2O4/c22-14-3-6-19-18(9-14)17-7-8-24(12-26)21(20(17)23-19)13-1-4-16(5-2-13)28-11-15(27)10-25/h1-6,9,12,15,21,23,25,27H,7-8,10-11H2/t15-,21?/m1/s1. The number of amides is 1. The van der Waals surface area contributed by atoms with Crippen molar-refractivity contribution in [1.82, 2.24) is 9.88 Å². The predicted molar refractivity (Wildman–Crippen MR) is 107 cm³/mol. The number of fused-ring (bicyclic) bond motifs is 3. The normalized spacial score (nSPS) is 17.4. The van der Waals surface area contributed by atoms with E-state index in [0.717, 1.165) is 35.0 Å². The molecule has 0 saturated heterocycles. The van der Waals surface area contributed by atoms with Gasteiger partial charge in [0.05, 0.1) is 12.6 Å². The molecule has 0 saturated carbocycles. The van der Waals surface area contributed by atoms with Gasteiger partial charge in [-0.25, -0.2) is 0 Å². The van der Waals surface area contributed by atoms with E-state index in [4.69, 9.17) is 21.4 Å². The van der Waals surface area contributed by atoms with Gasteiger partial charge in [-0.05, 0) is 47.9 Å². The number of aromatic amines is 1. The Morgan fingerprint density at radius 3 is 2.79 bits per heavy atom. The van der Waals surface area contributed by atoms with E-state index < -0.39 is 6.10 Å². The molecule has 28 heavy (non-hydrogen) atoms. The number of aromatic nitrogens is 1. The van der Waals surface area contributed by atoms with Crippen LogP contribution in [0.25, 0.3) is 10.9 Å². The van der Waals surface area contributed by atoms with Crippen molar-refractivity contribution in [2.75, 3.05) is 19.8 Å². The highest BCUT2D eigenvalue weighted by Crippen LogP contribution is 2.38. The highest BCUT2D eigenvalue weighted by atomic mass is 35.5. The molecule has 1 aromatic heterocycles. The third-order valence-corrected chi connectivity index (χ3v) is 5.35. The van der Waals surface area contributed by atoms with Gasteiger partial charge in [0.2, 0.25) is 6.41 Å². The molecule has 0 radical (unpaired) electrons. The van der Waals surface area contributed by atoms with Gasteiger partial charge in [-0.1, -0.05) is 23.7 Å². The van der Waals surface area contributed by atoms with Gasteiger partial charge in [-0.15, -0.1) is 0 Å². The number of nitrogens with zero attached hydrogens (tertiary/aromatic N) is 1. The second kappa shape index (κ2) is 7.83. The Hall–Kier alpha value is -2.54. The molecule has 146 valence electrons. The minimum absolute atomic E-state index is 0.0205. The largest absolute Gasteiger partial charge is 0.491 e. The lowest BCUT2D eigenvalue weighted by Gasteiger charge is -2.33. The summed E-state index contributed by atoms with van der Waals surface area (Å²) < 4.78 is 5.47. The SMILES string of the molecule is O=CN1CCc2c([nH]c3ccc(Cl)cc23)C1c1ccc(OC[C@H](O)CO)cc1. The van der Waals surface area contributed by atoms with Crippen LogP contribution in [0, 0.1) is 0 Å². The van der Waals surface area contributed by atoms with Crippen LogP contribution in [0.3, 0.4) is 0 Å². The molecular formula is C21H21ClN2O4. The van der Waals surface area contributed by atoms with Crippen molar-refractivity contribution in [2.45, 2.75) is 18.6 Å². The summed E-state index contributed by atoms with van der Waals surface area (Å²) in [5, 5.41) is 20.1. The van der Waals surface area contributed by atoms with E-state index in [2.05, 4.69) is 4.98 Å². The molecule has 0 fully saturated rings. The lowest BCUT2D eigenvalue weighted by molar-refractivity contribution is -0.120. The van der Waals surface area contributed by atoms with Crippen LogP contribution in [0.4, 0.5) is 0 Å². The molecule has 1 aliphatic heterocycles. The fourth-order valence-electron chi connectivity index (χ4n) is 3.74. The molecule has 3 aromatic rings. The van der Waals surface area contributed by atoms with Crippen LogP contribution in [0.1, 0.15) is 22.9 Å². The number of hydrogen-bond donors (Lipinski definition) is 3. The summed E-state index contributed by atoms with van der Waals surface area (Å²) in [6, 6.07) is 13.0. The molecule has 0 aliphatic carbocycles. The molecule has 2 atom stereocenters. The maximum Gasteiger partial charge on any atom is 0.210 e. The maximum absolute atomic E-state index is 11.7. The molecule has 6 nitrogen and oxygen atoms in total. The minimum Gasteiger partial charge on any atom is -0.491 e. The monoisotopic (exact) mass is 400 g/mol. The zero-order valence-electron chi connectivity index (χ0n) is 15.1. The second-order valence-electron chi connectivity index (χ2n) is 6.92. The topological polar surface area (TPSA) is 85.8 Å². The Morgan fingerprint density at radius 1 is 1.29 bits per heavy atom. The highest BCUT2D eigenvalue weighted by Gasteiger charge is 2.31. The Morgan fingerprint density at radius 2 is 2.07 bits per heavy atom. The lowest BCUT2D eigenvalue weighted by Crippen LogP contribution is -2.34. The number of rotatable bonds is 6. The molecule has 0 bridgehead atoms. The first kappa shape index (κ1) is 18.8. The summed E-state index contributed by atoms with van der Waals surface area (Å²) in [6.07, 6.45) is 0.739. The van der Waals surface area contributed by atoms with E-state index in [0.29, 0.717) is 17.3 Å². The molecule has 0 spiro atoms. The van der Waals surface area contributed by atoms with Gasteiger partial charge in [0.15, 0.2) is 0 Å². The first-order chi connectivity index (χ1) is 13.6. The van der Waals surface area contributed by atoms with Crippen LogP contribution < -0.4 is 4.74 Å². The maximum atomic E-state index is 11.7. The van der Waals surface area contributed by atoms with Gasteiger partial charge in [0.1, 0.15) is 18.5 Å². The number of aliphatic hydroxyl groups is 2. The van der Waals surface area contributed by atoms with E-state index in [9.17, 15) is 9.90 Å². The number of halogens is 1. The van der Waals surface area contributed by atoms with Gasteiger partial charge in [0, 0.05) is 28.2 Å². The Bertz CT molecular complexity index is 986. The lowest BCUT2D eigenvalue weighted by atomic mass is 9.93. The first-order valence-electron chi connectivity index (χ1n) is 9.13. The number of carbonyl (C=O) groups is 1. The Balaban J connectivity index is 1.68. The van der Waals surface area contributed by atoms with Crippen LogP contribution in [-0.2, 0) is 11.2 Å². The molecule has 7 heteroatoms. The average Bonchev–Trinajstić information content (AvgIpc) is 3.09. The number of H-pyrrole nitrogens is 1. The van der Waals surface area contributed by atoms with E-state index in [1.54, 1.807) is 17.0 Å². The summed E-state index contributed by atoms with van der Waals surface area (Å²) in [5.74, 6) is 0.591. The van der Waals surface area contributed by atoms with Crippen LogP contribution in [0.15, 0.2) is 42.5 Å². The molecule has 2 aromatic carbocycles. The Kier molecular flexibility index (Phi) is 5.26. The van der Waals surface area contributed by atoms with Crippen molar-refractivity contribution in [3.63, 3.8) is 0 Å². The fourth-order valence-corrected chi connectivity index (χ4v) is 3.91. The Labute approximate surface area is 167 Å². The van der Waals surface area contributed by atoms with Gasteiger partial charge in [-0.3, -0.25) is 4.79 Å². The van der Waals surface area contributed by atoms with Crippen molar-refractivity contribution >= 4 is 28.9 Å².